The van der Waals surface area contributed by atoms with Gasteiger partial charge in [-0.1, -0.05) is 12.1 Å². The zero-order chi connectivity index (χ0) is 10.6. The normalized spacial score (nSPS) is 14.7. The van der Waals surface area contributed by atoms with Crippen molar-refractivity contribution < 1.29 is 15.0 Å². The smallest absolute Gasteiger partial charge is 0.122 e. The van der Waals surface area contributed by atoms with Crippen molar-refractivity contribution in [3.05, 3.63) is 29.8 Å². The lowest BCUT2D eigenvalue weighted by molar-refractivity contribution is -0.111. The van der Waals surface area contributed by atoms with Crippen molar-refractivity contribution in [1.82, 2.24) is 0 Å². The van der Waals surface area contributed by atoms with Gasteiger partial charge in [0.25, 0.3) is 0 Å². The molecule has 0 aliphatic rings. The van der Waals surface area contributed by atoms with E-state index in [1.54, 1.807) is 31.2 Å². The second-order valence-electron chi connectivity index (χ2n) is 3.71. The van der Waals surface area contributed by atoms with Crippen LogP contribution >= 0.6 is 0 Å². The molecule has 2 N–H and O–H groups in total. The second-order valence-corrected chi connectivity index (χ2v) is 3.71. The largest absolute Gasteiger partial charge is 0.508 e. The molecule has 0 aliphatic carbocycles. The summed E-state index contributed by atoms with van der Waals surface area (Å²) in [7, 11) is 0. The Morgan fingerprint density at radius 1 is 1.36 bits per heavy atom. The summed E-state index contributed by atoms with van der Waals surface area (Å²) in [6.45, 7) is 1.62. The van der Waals surface area contributed by atoms with Gasteiger partial charge in [0.1, 0.15) is 12.0 Å². The molecule has 0 heterocycles. The maximum Gasteiger partial charge on any atom is 0.122 e. The topological polar surface area (TPSA) is 57.5 Å². The Bertz CT molecular complexity index is 301. The summed E-state index contributed by atoms with van der Waals surface area (Å²) >= 11 is 0. The number of benzene rings is 1. The Labute approximate surface area is 83.0 Å². The molecule has 14 heavy (non-hydrogen) atoms. The number of phenols is 1. The van der Waals surface area contributed by atoms with Crippen molar-refractivity contribution in [3.63, 3.8) is 0 Å². The van der Waals surface area contributed by atoms with Gasteiger partial charge in [-0.3, -0.25) is 0 Å². The van der Waals surface area contributed by atoms with Crippen LogP contribution in [0.5, 0.6) is 5.75 Å². The van der Waals surface area contributed by atoms with Gasteiger partial charge in [0, 0.05) is 12.8 Å². The monoisotopic (exact) mass is 194 g/mol. The van der Waals surface area contributed by atoms with Crippen LogP contribution in [-0.2, 0) is 11.2 Å². The third kappa shape index (κ3) is 3.18. The van der Waals surface area contributed by atoms with Gasteiger partial charge in [0.05, 0.1) is 5.60 Å². The second kappa shape index (κ2) is 4.24. The zero-order valence-electron chi connectivity index (χ0n) is 8.10. The molecular formula is C11H14O3. The third-order valence-corrected chi connectivity index (χ3v) is 2.04. The number of rotatable bonds is 4. The summed E-state index contributed by atoms with van der Waals surface area (Å²) in [5.41, 5.74) is -0.103. The Morgan fingerprint density at radius 3 is 2.43 bits per heavy atom. The van der Waals surface area contributed by atoms with E-state index < -0.39 is 5.60 Å². The first-order valence-electron chi connectivity index (χ1n) is 4.47. The van der Waals surface area contributed by atoms with E-state index in [0.717, 1.165) is 5.56 Å². The molecule has 1 rings (SSSR count). The van der Waals surface area contributed by atoms with Crippen molar-refractivity contribution in [2.24, 2.45) is 0 Å². The number of carbonyl (C=O) groups is 1. The summed E-state index contributed by atoms with van der Waals surface area (Å²) in [4.78, 5) is 10.3. The fourth-order valence-electron chi connectivity index (χ4n) is 1.31. The van der Waals surface area contributed by atoms with Crippen LogP contribution in [0.4, 0.5) is 0 Å². The lowest BCUT2D eigenvalue weighted by Crippen LogP contribution is -2.27. The SMILES string of the molecule is CC(O)(CC=O)Cc1ccc(O)cc1. The van der Waals surface area contributed by atoms with E-state index in [4.69, 9.17) is 5.11 Å². The van der Waals surface area contributed by atoms with Crippen LogP contribution in [0, 0.1) is 0 Å². The van der Waals surface area contributed by atoms with Crippen molar-refractivity contribution in [2.45, 2.75) is 25.4 Å². The average Bonchev–Trinajstić information content (AvgIpc) is 2.08. The highest BCUT2D eigenvalue weighted by Crippen LogP contribution is 2.17. The summed E-state index contributed by atoms with van der Waals surface area (Å²) in [6, 6.07) is 6.59. The van der Waals surface area contributed by atoms with E-state index in [0.29, 0.717) is 12.7 Å². The molecule has 1 atom stereocenters. The van der Waals surface area contributed by atoms with E-state index in [2.05, 4.69) is 0 Å². The quantitative estimate of drug-likeness (QED) is 0.710. The number of aliphatic hydroxyl groups is 1. The molecule has 0 saturated carbocycles. The van der Waals surface area contributed by atoms with E-state index in [9.17, 15) is 9.90 Å². The number of hydrogen-bond acceptors (Lipinski definition) is 3. The minimum atomic E-state index is -1.00. The summed E-state index contributed by atoms with van der Waals surface area (Å²) < 4.78 is 0. The molecule has 1 aromatic carbocycles. The molecule has 0 spiro atoms. The van der Waals surface area contributed by atoms with Gasteiger partial charge in [0.2, 0.25) is 0 Å². The molecule has 0 amide bonds. The molecule has 0 radical (unpaired) electrons. The van der Waals surface area contributed by atoms with Crippen molar-refractivity contribution in [2.75, 3.05) is 0 Å². The molecule has 3 heteroatoms. The maximum absolute atomic E-state index is 10.3. The van der Waals surface area contributed by atoms with E-state index in [1.165, 1.54) is 0 Å². The Balaban J connectivity index is 2.68. The number of carbonyl (C=O) groups excluding carboxylic acids is 1. The fourth-order valence-corrected chi connectivity index (χ4v) is 1.31. The summed E-state index contributed by atoms with van der Waals surface area (Å²) in [5.74, 6) is 0.198. The van der Waals surface area contributed by atoms with Crippen LogP contribution in [0.2, 0.25) is 0 Å². The summed E-state index contributed by atoms with van der Waals surface area (Å²) in [6.07, 6.45) is 1.24. The molecule has 0 saturated heterocycles. The lowest BCUT2D eigenvalue weighted by atomic mass is 9.94. The Hall–Kier alpha value is -1.35. The number of phenolic OH excluding ortho intramolecular Hbond substituents is 1. The van der Waals surface area contributed by atoms with Crippen LogP contribution in [0.15, 0.2) is 24.3 Å². The fraction of sp³-hybridized carbons (Fsp3) is 0.364. The highest BCUT2D eigenvalue weighted by atomic mass is 16.3. The van der Waals surface area contributed by atoms with Crippen LogP contribution in [0.25, 0.3) is 0 Å². The Morgan fingerprint density at radius 2 is 1.93 bits per heavy atom. The minimum absolute atomic E-state index is 0.119. The molecule has 1 unspecified atom stereocenters. The van der Waals surface area contributed by atoms with Crippen LogP contribution in [0.3, 0.4) is 0 Å². The molecule has 3 nitrogen and oxygen atoms in total. The number of aldehydes is 1. The van der Waals surface area contributed by atoms with Gasteiger partial charge in [-0.15, -0.1) is 0 Å². The van der Waals surface area contributed by atoms with Crippen LogP contribution in [-0.4, -0.2) is 22.1 Å². The molecule has 1 aromatic rings. The molecule has 0 aliphatic heterocycles. The molecule has 0 aromatic heterocycles. The van der Waals surface area contributed by atoms with Crippen molar-refractivity contribution in [3.8, 4) is 5.75 Å². The van der Waals surface area contributed by atoms with E-state index in [1.807, 2.05) is 0 Å². The maximum atomic E-state index is 10.3. The average molecular weight is 194 g/mol. The van der Waals surface area contributed by atoms with E-state index >= 15 is 0 Å². The molecule has 0 fully saturated rings. The lowest BCUT2D eigenvalue weighted by Gasteiger charge is -2.20. The standard InChI is InChI=1S/C11H14O3/c1-11(14,6-7-12)8-9-2-4-10(13)5-3-9/h2-5,7,13-14H,6,8H2,1H3. The zero-order valence-corrected chi connectivity index (χ0v) is 8.10. The van der Waals surface area contributed by atoms with Gasteiger partial charge >= 0.3 is 0 Å². The number of aromatic hydroxyl groups is 1. The van der Waals surface area contributed by atoms with Crippen LogP contribution in [0.1, 0.15) is 18.9 Å². The van der Waals surface area contributed by atoms with Gasteiger partial charge in [-0.25, -0.2) is 0 Å². The Kier molecular flexibility index (Phi) is 3.25. The third-order valence-electron chi connectivity index (χ3n) is 2.04. The van der Waals surface area contributed by atoms with E-state index in [-0.39, 0.29) is 12.2 Å². The summed E-state index contributed by atoms with van der Waals surface area (Å²) in [5, 5.41) is 18.8. The van der Waals surface area contributed by atoms with Gasteiger partial charge in [-0.2, -0.15) is 0 Å². The highest BCUT2D eigenvalue weighted by Gasteiger charge is 2.19. The van der Waals surface area contributed by atoms with Crippen LogP contribution < -0.4 is 0 Å². The predicted molar refractivity (Wildman–Crippen MR) is 53.1 cm³/mol. The molecule has 76 valence electrons. The van der Waals surface area contributed by atoms with Gasteiger partial charge < -0.3 is 15.0 Å². The predicted octanol–water partition coefficient (Wildman–Crippen LogP) is 1.27. The molecular weight excluding hydrogens is 180 g/mol. The van der Waals surface area contributed by atoms with Gasteiger partial charge in [0.15, 0.2) is 0 Å². The van der Waals surface area contributed by atoms with Gasteiger partial charge in [-0.05, 0) is 24.6 Å². The number of hydrogen-bond donors (Lipinski definition) is 2. The van der Waals surface area contributed by atoms with Crippen molar-refractivity contribution in [1.29, 1.82) is 0 Å². The minimum Gasteiger partial charge on any atom is -0.508 e. The first-order chi connectivity index (χ1) is 6.53. The first kappa shape index (κ1) is 10.7. The first-order valence-corrected chi connectivity index (χ1v) is 4.47. The highest BCUT2D eigenvalue weighted by molar-refractivity contribution is 5.51. The van der Waals surface area contributed by atoms with Crippen molar-refractivity contribution >= 4 is 6.29 Å². The molecule has 0 bridgehead atoms.